The average molecular weight is 320 g/mol. The highest BCUT2D eigenvalue weighted by molar-refractivity contribution is 14.1. The van der Waals surface area contributed by atoms with Gasteiger partial charge in [-0.1, -0.05) is 6.07 Å². The third-order valence-corrected chi connectivity index (χ3v) is 2.80. The minimum absolute atomic E-state index is 0.180. The van der Waals surface area contributed by atoms with Crippen LogP contribution >= 0.6 is 22.6 Å². The van der Waals surface area contributed by atoms with E-state index in [9.17, 15) is 9.90 Å². The molecular weight excluding hydrogens is 307 g/mol. The van der Waals surface area contributed by atoms with Crippen molar-refractivity contribution in [1.82, 2.24) is 0 Å². The lowest BCUT2D eigenvalue weighted by atomic mass is 10.1. The number of hydrogen-bond acceptors (Lipinski definition) is 3. The van der Waals surface area contributed by atoms with Gasteiger partial charge in [0.15, 0.2) is 0 Å². The van der Waals surface area contributed by atoms with Gasteiger partial charge in [0.05, 0.1) is 10.2 Å². The molecule has 0 aliphatic heterocycles. The summed E-state index contributed by atoms with van der Waals surface area (Å²) in [4.78, 5) is 11.1. The predicted octanol–water partition coefficient (Wildman–Crippen LogP) is 2.49. The fourth-order valence-electron chi connectivity index (χ4n) is 1.19. The Kier molecular flexibility index (Phi) is 4.87. The number of hydrogen-bond donors (Lipinski definition) is 1. The second-order valence-electron chi connectivity index (χ2n) is 3.09. The summed E-state index contributed by atoms with van der Waals surface area (Å²) in [7, 11) is 0. The Labute approximate surface area is 103 Å². The fourth-order valence-corrected chi connectivity index (χ4v) is 1.77. The summed E-state index contributed by atoms with van der Waals surface area (Å²) in [5.74, 6) is 0.0936. The van der Waals surface area contributed by atoms with E-state index < -0.39 is 0 Å². The molecule has 0 spiro atoms. The molecule has 0 amide bonds. The number of aryl methyl sites for hydroxylation is 1. The van der Waals surface area contributed by atoms with E-state index in [-0.39, 0.29) is 11.7 Å². The predicted molar refractivity (Wildman–Crippen MR) is 65.8 cm³/mol. The first-order valence-electron chi connectivity index (χ1n) is 4.76. The molecule has 1 aromatic rings. The Hall–Kier alpha value is -0.780. The van der Waals surface area contributed by atoms with Crippen LogP contribution in [0.25, 0.3) is 0 Å². The molecule has 1 N–H and O–H groups in total. The van der Waals surface area contributed by atoms with Crippen molar-refractivity contribution in [2.45, 2.75) is 19.8 Å². The SMILES string of the molecule is CCOC(=O)CCc1ccc(O)c(I)c1. The molecule has 15 heavy (non-hydrogen) atoms. The van der Waals surface area contributed by atoms with Crippen molar-refractivity contribution in [3.8, 4) is 5.75 Å². The zero-order valence-electron chi connectivity index (χ0n) is 8.50. The van der Waals surface area contributed by atoms with E-state index in [1.165, 1.54) is 0 Å². The van der Waals surface area contributed by atoms with Crippen LogP contribution in [0.2, 0.25) is 0 Å². The molecule has 0 atom stereocenters. The van der Waals surface area contributed by atoms with Crippen LogP contribution < -0.4 is 0 Å². The second-order valence-corrected chi connectivity index (χ2v) is 4.25. The molecule has 0 aliphatic rings. The lowest BCUT2D eigenvalue weighted by molar-refractivity contribution is -0.143. The van der Waals surface area contributed by atoms with Crippen molar-refractivity contribution in [3.05, 3.63) is 27.3 Å². The summed E-state index contributed by atoms with van der Waals surface area (Å²) >= 11 is 2.06. The lowest BCUT2D eigenvalue weighted by Gasteiger charge is -2.03. The maximum absolute atomic E-state index is 11.1. The van der Waals surface area contributed by atoms with Crippen LogP contribution in [0.3, 0.4) is 0 Å². The van der Waals surface area contributed by atoms with Crippen LogP contribution in [0.5, 0.6) is 5.75 Å². The summed E-state index contributed by atoms with van der Waals surface area (Å²) < 4.78 is 5.63. The van der Waals surface area contributed by atoms with Crippen molar-refractivity contribution in [2.75, 3.05) is 6.61 Å². The zero-order valence-corrected chi connectivity index (χ0v) is 10.7. The first-order chi connectivity index (χ1) is 7.13. The smallest absolute Gasteiger partial charge is 0.306 e. The number of esters is 1. The summed E-state index contributed by atoms with van der Waals surface area (Å²) in [6, 6.07) is 5.33. The maximum atomic E-state index is 11.1. The first kappa shape index (κ1) is 12.3. The van der Waals surface area contributed by atoms with Crippen molar-refractivity contribution in [2.24, 2.45) is 0 Å². The lowest BCUT2D eigenvalue weighted by Crippen LogP contribution is -2.05. The van der Waals surface area contributed by atoms with E-state index in [0.717, 1.165) is 9.13 Å². The zero-order chi connectivity index (χ0) is 11.3. The van der Waals surface area contributed by atoms with E-state index in [4.69, 9.17) is 4.74 Å². The Morgan fingerprint density at radius 2 is 2.27 bits per heavy atom. The van der Waals surface area contributed by atoms with Gasteiger partial charge in [-0.15, -0.1) is 0 Å². The van der Waals surface area contributed by atoms with Gasteiger partial charge in [-0.05, 0) is 53.6 Å². The van der Waals surface area contributed by atoms with Crippen molar-refractivity contribution in [3.63, 3.8) is 0 Å². The number of rotatable bonds is 4. The topological polar surface area (TPSA) is 46.5 Å². The molecule has 0 radical (unpaired) electrons. The molecule has 0 bridgehead atoms. The van der Waals surface area contributed by atoms with Crippen molar-refractivity contribution < 1.29 is 14.6 Å². The summed E-state index contributed by atoms with van der Waals surface area (Å²) in [6.07, 6.45) is 1.03. The highest BCUT2D eigenvalue weighted by atomic mass is 127. The van der Waals surface area contributed by atoms with Gasteiger partial charge in [0.2, 0.25) is 0 Å². The third-order valence-electron chi connectivity index (χ3n) is 1.94. The van der Waals surface area contributed by atoms with Gasteiger partial charge in [0.25, 0.3) is 0 Å². The number of carbonyl (C=O) groups excluding carboxylic acids is 1. The highest BCUT2D eigenvalue weighted by Gasteiger charge is 2.04. The number of ether oxygens (including phenoxy) is 1. The van der Waals surface area contributed by atoms with E-state index in [1.54, 1.807) is 13.0 Å². The summed E-state index contributed by atoms with van der Waals surface area (Å²) in [5.41, 5.74) is 1.03. The number of phenolic OH excluding ortho intramolecular Hbond substituents is 1. The molecule has 82 valence electrons. The Morgan fingerprint density at radius 3 is 2.87 bits per heavy atom. The number of halogens is 1. The summed E-state index contributed by atoms with van der Waals surface area (Å²) in [5, 5.41) is 9.31. The van der Waals surface area contributed by atoms with Gasteiger partial charge in [-0.3, -0.25) is 4.79 Å². The van der Waals surface area contributed by atoms with Crippen molar-refractivity contribution in [1.29, 1.82) is 0 Å². The largest absolute Gasteiger partial charge is 0.507 e. The molecule has 3 nitrogen and oxygen atoms in total. The van der Waals surface area contributed by atoms with Crippen molar-refractivity contribution >= 4 is 28.6 Å². The molecule has 0 heterocycles. The minimum atomic E-state index is -0.180. The van der Waals surface area contributed by atoms with Gasteiger partial charge < -0.3 is 9.84 Å². The van der Waals surface area contributed by atoms with Crippen LogP contribution in [-0.4, -0.2) is 17.7 Å². The fraction of sp³-hybridized carbons (Fsp3) is 0.364. The van der Waals surface area contributed by atoms with Gasteiger partial charge in [0.1, 0.15) is 5.75 Å². The second kappa shape index (κ2) is 5.95. The number of carbonyl (C=O) groups is 1. The molecule has 1 rings (SSSR count). The van der Waals surface area contributed by atoms with Crippen LogP contribution in [-0.2, 0) is 16.0 Å². The molecule has 0 unspecified atom stereocenters. The minimum Gasteiger partial charge on any atom is -0.507 e. The van der Waals surface area contributed by atoms with E-state index in [1.807, 2.05) is 12.1 Å². The van der Waals surface area contributed by atoms with Gasteiger partial charge in [-0.2, -0.15) is 0 Å². The molecule has 0 saturated heterocycles. The molecule has 4 heteroatoms. The van der Waals surface area contributed by atoms with Crippen LogP contribution in [0.4, 0.5) is 0 Å². The molecule has 0 fully saturated rings. The van der Waals surface area contributed by atoms with Crippen LogP contribution in [0.1, 0.15) is 18.9 Å². The molecule has 0 aliphatic carbocycles. The van der Waals surface area contributed by atoms with E-state index in [2.05, 4.69) is 22.6 Å². The Balaban J connectivity index is 2.51. The standard InChI is InChI=1S/C11H13IO3/c1-2-15-11(14)6-4-8-3-5-10(13)9(12)7-8/h3,5,7,13H,2,4,6H2,1H3. The monoisotopic (exact) mass is 320 g/mol. The van der Waals surface area contributed by atoms with E-state index in [0.29, 0.717) is 19.4 Å². The Morgan fingerprint density at radius 1 is 1.53 bits per heavy atom. The number of aromatic hydroxyl groups is 1. The molecule has 1 aromatic carbocycles. The molecular formula is C11H13IO3. The van der Waals surface area contributed by atoms with Gasteiger partial charge in [-0.25, -0.2) is 0 Å². The maximum Gasteiger partial charge on any atom is 0.306 e. The van der Waals surface area contributed by atoms with Gasteiger partial charge >= 0.3 is 5.97 Å². The highest BCUT2D eigenvalue weighted by Crippen LogP contribution is 2.20. The van der Waals surface area contributed by atoms with E-state index >= 15 is 0 Å². The number of phenols is 1. The average Bonchev–Trinajstić information content (AvgIpc) is 2.20. The number of benzene rings is 1. The molecule has 0 saturated carbocycles. The third kappa shape index (κ3) is 4.07. The first-order valence-corrected chi connectivity index (χ1v) is 5.84. The normalized spacial score (nSPS) is 10.0. The van der Waals surface area contributed by atoms with Gasteiger partial charge in [0, 0.05) is 6.42 Å². The summed E-state index contributed by atoms with van der Waals surface area (Å²) in [6.45, 7) is 2.22. The molecule has 0 aromatic heterocycles. The Bertz CT molecular complexity index is 350. The quantitative estimate of drug-likeness (QED) is 0.685. The van der Waals surface area contributed by atoms with Crippen LogP contribution in [0.15, 0.2) is 18.2 Å². The van der Waals surface area contributed by atoms with Crippen LogP contribution in [0, 0.1) is 3.57 Å².